The molecular weight excluding hydrogens is 160 g/mol. The van der Waals surface area contributed by atoms with Gasteiger partial charge in [0.05, 0.1) is 6.54 Å². The highest BCUT2D eigenvalue weighted by molar-refractivity contribution is 4.93. The van der Waals surface area contributed by atoms with E-state index in [-0.39, 0.29) is 24.5 Å². The topological polar surface area (TPSA) is 3.24 Å². The van der Waals surface area contributed by atoms with Gasteiger partial charge in [-0.05, 0) is 27.7 Å². The summed E-state index contributed by atoms with van der Waals surface area (Å²) in [4.78, 5) is 1.87. The second-order valence-electron chi connectivity index (χ2n) is 4.71. The Kier molecular flexibility index (Phi) is 2.19. The Morgan fingerprint density at radius 3 is 2.00 bits per heavy atom. The smallest absolute Gasteiger partial charge is 0.262 e. The predicted molar refractivity (Wildman–Crippen MR) is 45.5 cm³/mol. The Hall–Kier alpha value is -0.180. The quantitative estimate of drug-likeness (QED) is 0.549. The number of hydrogen-bond donors (Lipinski definition) is 0. The van der Waals surface area contributed by atoms with Crippen molar-refractivity contribution in [2.75, 3.05) is 6.54 Å². The van der Waals surface area contributed by atoms with Crippen LogP contribution in [0.3, 0.4) is 0 Å². The molecule has 1 rings (SSSR count). The fourth-order valence-corrected chi connectivity index (χ4v) is 1.91. The van der Waals surface area contributed by atoms with Crippen molar-refractivity contribution in [1.29, 1.82) is 0 Å². The van der Waals surface area contributed by atoms with Crippen LogP contribution in [0.15, 0.2) is 0 Å². The Balaban J connectivity index is 2.71. The lowest BCUT2D eigenvalue weighted by molar-refractivity contribution is 0.00144. The Morgan fingerprint density at radius 2 is 1.83 bits per heavy atom. The van der Waals surface area contributed by atoms with Crippen molar-refractivity contribution in [3.63, 3.8) is 0 Å². The van der Waals surface area contributed by atoms with Crippen LogP contribution in [-0.4, -0.2) is 28.9 Å². The summed E-state index contributed by atoms with van der Waals surface area (Å²) in [5.74, 6) is -2.48. The van der Waals surface area contributed by atoms with Gasteiger partial charge in [-0.15, -0.1) is 0 Å². The average molecular weight is 177 g/mol. The van der Waals surface area contributed by atoms with Crippen molar-refractivity contribution in [2.24, 2.45) is 0 Å². The molecule has 0 N–H and O–H groups in total. The third kappa shape index (κ3) is 1.94. The van der Waals surface area contributed by atoms with Gasteiger partial charge in [0.25, 0.3) is 5.92 Å². The summed E-state index contributed by atoms with van der Waals surface area (Å²) < 4.78 is 25.9. The van der Waals surface area contributed by atoms with Crippen LogP contribution in [0.5, 0.6) is 0 Å². The van der Waals surface area contributed by atoms with Crippen molar-refractivity contribution < 1.29 is 8.78 Å². The number of alkyl halides is 2. The first-order valence-corrected chi connectivity index (χ1v) is 4.37. The van der Waals surface area contributed by atoms with Gasteiger partial charge in [-0.2, -0.15) is 0 Å². The predicted octanol–water partition coefficient (Wildman–Crippen LogP) is 2.51. The second-order valence-corrected chi connectivity index (χ2v) is 4.71. The lowest BCUT2D eigenvalue weighted by Crippen LogP contribution is -2.44. The lowest BCUT2D eigenvalue weighted by atomic mass is 10.1. The van der Waals surface area contributed by atoms with Gasteiger partial charge >= 0.3 is 0 Å². The largest absolute Gasteiger partial charge is 0.290 e. The van der Waals surface area contributed by atoms with Gasteiger partial charge in [0, 0.05) is 18.0 Å². The Morgan fingerprint density at radius 1 is 1.33 bits per heavy atom. The molecule has 0 saturated carbocycles. The highest BCUT2D eigenvalue weighted by atomic mass is 19.3. The van der Waals surface area contributed by atoms with Crippen LogP contribution in [0, 0.1) is 0 Å². The highest BCUT2D eigenvalue weighted by Crippen LogP contribution is 2.35. The third-order valence-electron chi connectivity index (χ3n) is 2.39. The minimum atomic E-state index is -2.48. The van der Waals surface area contributed by atoms with Crippen LogP contribution in [0.1, 0.15) is 34.1 Å². The highest BCUT2D eigenvalue weighted by Gasteiger charge is 2.46. The number of nitrogens with zero attached hydrogens (tertiary/aromatic N) is 1. The molecule has 0 aromatic heterocycles. The van der Waals surface area contributed by atoms with Crippen LogP contribution in [-0.2, 0) is 0 Å². The van der Waals surface area contributed by atoms with E-state index in [4.69, 9.17) is 0 Å². The molecule has 1 unspecified atom stereocenters. The van der Waals surface area contributed by atoms with Crippen molar-refractivity contribution in [3.8, 4) is 0 Å². The molecule has 0 aromatic rings. The summed E-state index contributed by atoms with van der Waals surface area (Å²) in [6.45, 7) is 7.71. The van der Waals surface area contributed by atoms with E-state index in [1.54, 1.807) is 0 Å². The molecule has 72 valence electrons. The Labute approximate surface area is 72.7 Å². The van der Waals surface area contributed by atoms with E-state index in [9.17, 15) is 8.78 Å². The molecule has 1 aliphatic heterocycles. The van der Waals surface area contributed by atoms with Crippen LogP contribution in [0.4, 0.5) is 8.78 Å². The molecule has 3 heteroatoms. The molecule has 1 heterocycles. The van der Waals surface area contributed by atoms with Crippen LogP contribution in [0.2, 0.25) is 0 Å². The molecule has 1 aliphatic rings. The maximum absolute atomic E-state index is 12.9. The molecule has 1 nitrogen and oxygen atoms in total. The molecule has 0 aromatic carbocycles. The lowest BCUT2D eigenvalue weighted by Gasteiger charge is -2.34. The first-order valence-electron chi connectivity index (χ1n) is 4.37. The minimum absolute atomic E-state index is 0.000000000000000444. The van der Waals surface area contributed by atoms with Crippen LogP contribution >= 0.6 is 0 Å². The zero-order valence-electron chi connectivity index (χ0n) is 8.19. The molecule has 1 fully saturated rings. The summed E-state index contributed by atoms with van der Waals surface area (Å²) in [7, 11) is 0. The second kappa shape index (κ2) is 2.66. The van der Waals surface area contributed by atoms with Gasteiger partial charge in [0.2, 0.25) is 0 Å². The molecule has 1 saturated heterocycles. The third-order valence-corrected chi connectivity index (χ3v) is 2.39. The molecule has 12 heavy (non-hydrogen) atoms. The van der Waals surface area contributed by atoms with Crippen molar-refractivity contribution in [1.82, 2.24) is 4.90 Å². The average Bonchev–Trinajstić information content (AvgIpc) is 2.03. The van der Waals surface area contributed by atoms with E-state index in [1.165, 1.54) is 0 Å². The molecule has 0 amide bonds. The first kappa shape index (κ1) is 9.90. The molecule has 0 radical (unpaired) electrons. The van der Waals surface area contributed by atoms with Crippen LogP contribution < -0.4 is 0 Å². The van der Waals surface area contributed by atoms with Gasteiger partial charge in [-0.1, -0.05) is 0 Å². The fraction of sp³-hybridized carbons (Fsp3) is 1.00. The van der Waals surface area contributed by atoms with Crippen LogP contribution in [0.25, 0.3) is 0 Å². The molecule has 0 aliphatic carbocycles. The van der Waals surface area contributed by atoms with Gasteiger partial charge in [0.15, 0.2) is 0 Å². The number of likely N-dealkylation sites (tertiary alicyclic amines) is 1. The van der Waals surface area contributed by atoms with E-state index in [0.717, 1.165) is 0 Å². The van der Waals surface area contributed by atoms with Gasteiger partial charge < -0.3 is 0 Å². The monoisotopic (exact) mass is 177 g/mol. The SMILES string of the molecule is CC1CC(F)(F)CN1C(C)(C)C. The van der Waals surface area contributed by atoms with Crippen molar-refractivity contribution in [2.45, 2.75) is 51.6 Å². The summed E-state index contributed by atoms with van der Waals surface area (Å²) in [6, 6.07) is -0.000000000000000444. The Bertz CT molecular complexity index is 172. The fourth-order valence-electron chi connectivity index (χ4n) is 1.91. The van der Waals surface area contributed by atoms with E-state index >= 15 is 0 Å². The molecule has 0 spiro atoms. The standard InChI is InChI=1S/C9H17F2N/c1-7-5-9(10,11)6-12(7)8(2,3)4/h7H,5-6H2,1-4H3. The summed E-state index contributed by atoms with van der Waals surface area (Å²) >= 11 is 0. The van der Waals surface area contributed by atoms with E-state index in [0.29, 0.717) is 0 Å². The molecular formula is C9H17F2N. The first-order chi connectivity index (χ1) is 5.22. The molecule has 0 bridgehead atoms. The van der Waals surface area contributed by atoms with Gasteiger partial charge in [0.1, 0.15) is 0 Å². The van der Waals surface area contributed by atoms with E-state index in [1.807, 2.05) is 32.6 Å². The summed E-state index contributed by atoms with van der Waals surface area (Å²) in [5, 5.41) is 0. The minimum Gasteiger partial charge on any atom is -0.290 e. The maximum Gasteiger partial charge on any atom is 0.262 e. The van der Waals surface area contributed by atoms with E-state index < -0.39 is 5.92 Å². The maximum atomic E-state index is 12.9. The zero-order chi connectivity index (χ0) is 9.57. The number of hydrogen-bond acceptors (Lipinski definition) is 1. The number of rotatable bonds is 0. The van der Waals surface area contributed by atoms with E-state index in [2.05, 4.69) is 0 Å². The zero-order valence-corrected chi connectivity index (χ0v) is 8.19. The number of halogens is 2. The summed E-state index contributed by atoms with van der Waals surface area (Å²) in [6.07, 6.45) is 0.00424. The van der Waals surface area contributed by atoms with Gasteiger partial charge in [-0.25, -0.2) is 8.78 Å². The normalized spacial score (nSPS) is 31.0. The van der Waals surface area contributed by atoms with Crippen molar-refractivity contribution in [3.05, 3.63) is 0 Å². The van der Waals surface area contributed by atoms with Gasteiger partial charge in [-0.3, -0.25) is 4.90 Å². The van der Waals surface area contributed by atoms with Crippen molar-refractivity contribution >= 4 is 0 Å². The molecule has 1 atom stereocenters. The summed E-state index contributed by atoms with van der Waals surface area (Å²) in [5.41, 5.74) is -0.140.